The third kappa shape index (κ3) is 4.23. The smallest absolute Gasteiger partial charge is 0.247 e. The van der Waals surface area contributed by atoms with Crippen LogP contribution in [0.5, 0.6) is 5.75 Å². The van der Waals surface area contributed by atoms with Crippen LogP contribution in [0, 0.1) is 11.3 Å². The summed E-state index contributed by atoms with van der Waals surface area (Å²) in [5.74, 6) is -0.337. The molecule has 29 heavy (non-hydrogen) atoms. The van der Waals surface area contributed by atoms with E-state index in [1.54, 1.807) is 56.3 Å². The predicted octanol–water partition coefficient (Wildman–Crippen LogP) is 2.12. The molecule has 1 unspecified atom stereocenters. The van der Waals surface area contributed by atoms with E-state index in [2.05, 4.69) is 16.7 Å². The first-order valence-electron chi connectivity index (χ1n) is 9.26. The molecule has 2 aromatic carbocycles. The van der Waals surface area contributed by atoms with E-state index in [1.807, 2.05) is 6.07 Å². The molecule has 3 rings (SSSR count). The summed E-state index contributed by atoms with van der Waals surface area (Å²) in [7, 11) is 0. The Morgan fingerprint density at radius 2 is 1.90 bits per heavy atom. The molecule has 1 aliphatic heterocycles. The lowest BCUT2D eigenvalue weighted by atomic mass is 9.85. The molecule has 0 spiro atoms. The molecule has 3 N–H and O–H groups in total. The maximum Gasteiger partial charge on any atom is 0.247 e. The summed E-state index contributed by atoms with van der Waals surface area (Å²) in [5.41, 5.74) is 0.556. The van der Waals surface area contributed by atoms with E-state index >= 15 is 0 Å². The van der Waals surface area contributed by atoms with Gasteiger partial charge < -0.3 is 20.5 Å². The van der Waals surface area contributed by atoms with Crippen LogP contribution in [0.25, 0.3) is 0 Å². The van der Waals surface area contributed by atoms with E-state index in [4.69, 9.17) is 4.74 Å². The fourth-order valence-corrected chi connectivity index (χ4v) is 3.41. The van der Waals surface area contributed by atoms with Gasteiger partial charge in [-0.3, -0.25) is 9.59 Å². The first-order valence-corrected chi connectivity index (χ1v) is 9.26. The van der Waals surface area contributed by atoms with Gasteiger partial charge in [0.25, 0.3) is 0 Å². The average molecular weight is 393 g/mol. The Morgan fingerprint density at radius 1 is 1.21 bits per heavy atom. The van der Waals surface area contributed by atoms with Crippen molar-refractivity contribution in [2.75, 3.05) is 0 Å². The molecular weight excluding hydrogens is 370 g/mol. The van der Waals surface area contributed by atoms with E-state index < -0.39 is 29.7 Å². The molecule has 2 amide bonds. The van der Waals surface area contributed by atoms with E-state index in [0.29, 0.717) is 22.4 Å². The molecule has 1 heterocycles. The summed E-state index contributed by atoms with van der Waals surface area (Å²) in [6.07, 6.45) is -1.07. The highest BCUT2D eigenvalue weighted by Crippen LogP contribution is 2.40. The zero-order chi connectivity index (χ0) is 21.2. The van der Waals surface area contributed by atoms with Gasteiger partial charge in [0.1, 0.15) is 23.5 Å². The van der Waals surface area contributed by atoms with Crippen LogP contribution in [-0.2, 0) is 9.59 Å². The Morgan fingerprint density at radius 3 is 2.52 bits per heavy atom. The molecule has 150 valence electrons. The zero-order valence-electron chi connectivity index (χ0n) is 16.5. The van der Waals surface area contributed by atoms with Gasteiger partial charge in [0.15, 0.2) is 0 Å². The number of ether oxygens (including phenoxy) is 1. The number of nitrogens with zero attached hydrogens (tertiary/aromatic N) is 1. The summed E-state index contributed by atoms with van der Waals surface area (Å²) in [6.45, 7) is 4.78. The second-order valence-electron chi connectivity index (χ2n) is 7.55. The van der Waals surface area contributed by atoms with Crippen molar-refractivity contribution in [3.8, 4) is 11.8 Å². The van der Waals surface area contributed by atoms with Crippen molar-refractivity contribution in [2.24, 2.45) is 0 Å². The molecule has 7 heteroatoms. The van der Waals surface area contributed by atoms with E-state index in [9.17, 15) is 20.0 Å². The Labute approximate surface area is 169 Å². The second kappa shape index (κ2) is 7.94. The summed E-state index contributed by atoms with van der Waals surface area (Å²) in [5, 5.41) is 25.6. The van der Waals surface area contributed by atoms with Crippen LogP contribution in [0.3, 0.4) is 0 Å². The van der Waals surface area contributed by atoms with Crippen LogP contribution in [0.4, 0.5) is 0 Å². The van der Waals surface area contributed by atoms with E-state index in [1.165, 1.54) is 6.92 Å². The maximum atomic E-state index is 13.1. The number of carbonyl (C=O) groups excluding carboxylic acids is 2. The van der Waals surface area contributed by atoms with Gasteiger partial charge in [0, 0.05) is 12.5 Å². The third-order valence-corrected chi connectivity index (χ3v) is 4.92. The third-order valence-electron chi connectivity index (χ3n) is 4.92. The van der Waals surface area contributed by atoms with Gasteiger partial charge in [-0.05, 0) is 37.6 Å². The molecule has 0 saturated carbocycles. The van der Waals surface area contributed by atoms with Gasteiger partial charge in [0.05, 0.1) is 17.7 Å². The summed E-state index contributed by atoms with van der Waals surface area (Å²) < 4.78 is 5.87. The predicted molar refractivity (Wildman–Crippen MR) is 106 cm³/mol. The topological polar surface area (TPSA) is 111 Å². The number of rotatable bonds is 4. The van der Waals surface area contributed by atoms with Gasteiger partial charge in [0.2, 0.25) is 11.8 Å². The molecular formula is C22H23N3O4. The van der Waals surface area contributed by atoms with Gasteiger partial charge >= 0.3 is 0 Å². The minimum atomic E-state index is -1.07. The number of benzene rings is 2. The highest BCUT2D eigenvalue weighted by molar-refractivity contribution is 5.88. The van der Waals surface area contributed by atoms with Crippen LogP contribution < -0.4 is 15.4 Å². The molecule has 0 bridgehead atoms. The van der Waals surface area contributed by atoms with Gasteiger partial charge in [-0.15, -0.1) is 0 Å². The minimum Gasteiger partial charge on any atom is -0.485 e. The quantitative estimate of drug-likeness (QED) is 0.737. The van der Waals surface area contributed by atoms with Gasteiger partial charge in [-0.1, -0.05) is 30.3 Å². The molecule has 3 atom stereocenters. The summed E-state index contributed by atoms with van der Waals surface area (Å²) in [4.78, 5) is 24.8. The monoisotopic (exact) mass is 393 g/mol. The highest BCUT2D eigenvalue weighted by atomic mass is 16.5. The first kappa shape index (κ1) is 20.4. The number of aliphatic hydroxyl groups is 1. The molecule has 0 radical (unpaired) electrons. The van der Waals surface area contributed by atoms with Crippen LogP contribution in [0.15, 0.2) is 48.5 Å². The highest BCUT2D eigenvalue weighted by Gasteiger charge is 2.44. The molecule has 0 saturated heterocycles. The van der Waals surface area contributed by atoms with E-state index in [0.717, 1.165) is 0 Å². The van der Waals surface area contributed by atoms with Crippen molar-refractivity contribution < 1.29 is 19.4 Å². The Kier molecular flexibility index (Phi) is 5.57. The fraction of sp³-hybridized carbons (Fsp3) is 0.318. The normalized spacial score (nSPS) is 20.4. The molecule has 0 fully saturated rings. The van der Waals surface area contributed by atoms with E-state index in [-0.39, 0.29) is 5.91 Å². The molecule has 0 aliphatic carbocycles. The lowest BCUT2D eigenvalue weighted by molar-refractivity contribution is -0.131. The Balaban J connectivity index is 1.97. The number of hydrogen-bond acceptors (Lipinski definition) is 5. The Bertz CT molecular complexity index is 966. The first-order chi connectivity index (χ1) is 13.7. The number of fused-ring (bicyclic) bond motifs is 1. The second-order valence-corrected chi connectivity index (χ2v) is 7.55. The van der Waals surface area contributed by atoms with Crippen molar-refractivity contribution in [1.29, 1.82) is 5.26 Å². The largest absolute Gasteiger partial charge is 0.485 e. The van der Waals surface area contributed by atoms with Crippen molar-refractivity contribution in [1.82, 2.24) is 10.6 Å². The molecule has 2 aromatic rings. The van der Waals surface area contributed by atoms with Crippen molar-refractivity contribution in [3.05, 3.63) is 65.2 Å². The molecule has 0 aromatic heterocycles. The minimum absolute atomic E-state index is 0.353. The van der Waals surface area contributed by atoms with Crippen molar-refractivity contribution >= 4 is 11.8 Å². The number of nitrogens with one attached hydrogen (secondary N) is 2. The van der Waals surface area contributed by atoms with Gasteiger partial charge in [-0.2, -0.15) is 5.26 Å². The summed E-state index contributed by atoms with van der Waals surface area (Å²) in [6, 6.07) is 14.0. The molecule has 7 nitrogen and oxygen atoms in total. The van der Waals surface area contributed by atoms with Crippen LogP contribution >= 0.6 is 0 Å². The van der Waals surface area contributed by atoms with Gasteiger partial charge in [-0.25, -0.2) is 0 Å². The lowest BCUT2D eigenvalue weighted by Gasteiger charge is -2.42. The van der Waals surface area contributed by atoms with Crippen LogP contribution in [-0.4, -0.2) is 28.6 Å². The fourth-order valence-electron chi connectivity index (χ4n) is 3.41. The maximum absolute atomic E-state index is 13.1. The number of hydrogen-bond donors (Lipinski definition) is 3. The molecule has 1 aliphatic rings. The number of amides is 2. The number of nitriles is 1. The SMILES string of the molecule is CC(=O)NC(C(=O)N[C@@H]1c2cc(C#N)ccc2OC(C)(C)[C@H]1O)c1ccccc1. The zero-order valence-corrected chi connectivity index (χ0v) is 16.5. The Hall–Kier alpha value is -3.37. The van der Waals surface area contributed by atoms with Crippen LogP contribution in [0.1, 0.15) is 49.5 Å². The van der Waals surface area contributed by atoms with Crippen molar-refractivity contribution in [3.63, 3.8) is 0 Å². The van der Waals surface area contributed by atoms with Crippen molar-refractivity contribution in [2.45, 2.75) is 44.6 Å². The standard InChI is InChI=1S/C22H23N3O4/c1-13(26)24-18(15-7-5-4-6-8-15)21(28)25-19-16-11-14(12-23)9-10-17(16)29-22(2,3)20(19)27/h4-11,18-20,27H,1-3H3,(H,24,26)(H,25,28)/t18?,19-,20+/m1/s1. The summed E-state index contributed by atoms with van der Waals surface area (Å²) >= 11 is 0. The lowest BCUT2D eigenvalue weighted by Crippen LogP contribution is -2.54. The number of aliphatic hydroxyl groups excluding tert-OH is 1. The van der Waals surface area contributed by atoms with Crippen LogP contribution in [0.2, 0.25) is 0 Å². The number of carbonyl (C=O) groups is 2. The average Bonchev–Trinajstić information content (AvgIpc) is 2.69.